The van der Waals surface area contributed by atoms with Crippen LogP contribution >= 0.6 is 11.3 Å². The number of hydrogen-bond acceptors (Lipinski definition) is 2. The van der Waals surface area contributed by atoms with Crippen LogP contribution in [0.3, 0.4) is 0 Å². The Kier molecular flexibility index (Phi) is 11.1. The molecule has 0 unspecified atom stereocenters. The molecule has 9 heavy (non-hydrogen) atoms. The second-order valence-electron chi connectivity index (χ2n) is 0.879. The van der Waals surface area contributed by atoms with Crippen molar-refractivity contribution in [3.8, 4) is 6.57 Å². The van der Waals surface area contributed by atoms with Crippen molar-refractivity contribution in [3.05, 3.63) is 17.5 Å². The number of rotatable bonds is 0. The van der Waals surface area contributed by atoms with E-state index in [1.165, 1.54) is 0 Å². The molecule has 0 amide bonds. The van der Waals surface area contributed by atoms with Gasteiger partial charge in [-0.2, -0.15) is 0 Å². The minimum absolute atomic E-state index is 0. The molecule has 0 radical (unpaired) electrons. The summed E-state index contributed by atoms with van der Waals surface area (Å²) in [7, 11) is 0. The van der Waals surface area contributed by atoms with Gasteiger partial charge in [-0.3, -0.25) is 0 Å². The van der Waals surface area contributed by atoms with Crippen LogP contribution in [0.25, 0.3) is 0 Å². The molecular formula is C5H5CuLiNS. The number of thiophene rings is 1. The normalized spacial score (nSPS) is 6.22. The fourth-order valence-electron chi connectivity index (χ4n) is 0.246. The van der Waals surface area contributed by atoms with E-state index in [-0.39, 0.29) is 18.9 Å². The summed E-state index contributed by atoms with van der Waals surface area (Å²) >= 11 is 6.48. The summed E-state index contributed by atoms with van der Waals surface area (Å²) in [5.74, 6) is 0. The van der Waals surface area contributed by atoms with Crippen LogP contribution in [-0.4, -0.2) is 18.9 Å². The van der Waals surface area contributed by atoms with Gasteiger partial charge in [0.15, 0.2) is 0 Å². The molecule has 0 aliphatic heterocycles. The van der Waals surface area contributed by atoms with Gasteiger partial charge in [-0.15, -0.1) is 0 Å². The van der Waals surface area contributed by atoms with Crippen LogP contribution in [0, 0.1) is 11.8 Å². The Morgan fingerprint density at radius 1 is 1.56 bits per heavy atom. The van der Waals surface area contributed by atoms with Crippen LogP contribution in [0.4, 0.5) is 0 Å². The molecule has 0 bridgehead atoms. The number of nitriles is 1. The summed E-state index contributed by atoms with van der Waals surface area (Å²) < 4.78 is 0.947. The van der Waals surface area contributed by atoms with Gasteiger partial charge in [-0.05, 0) is 0 Å². The molecule has 0 aromatic carbocycles. The van der Waals surface area contributed by atoms with Gasteiger partial charge in [0, 0.05) is 6.57 Å². The van der Waals surface area contributed by atoms with Gasteiger partial charge in [0.2, 0.25) is 0 Å². The Balaban J connectivity index is 0. The molecule has 0 atom stereocenters. The Morgan fingerprint density at radius 2 is 2.11 bits per heavy atom. The van der Waals surface area contributed by atoms with E-state index in [1.807, 2.05) is 17.5 Å². The molecule has 1 aromatic heterocycles. The summed E-state index contributed by atoms with van der Waals surface area (Å²) in [5.41, 5.74) is 0. The van der Waals surface area contributed by atoms with Gasteiger partial charge in [0.05, 0.1) is 0 Å². The van der Waals surface area contributed by atoms with Crippen molar-refractivity contribution in [2.24, 2.45) is 0 Å². The molecular weight excluding hydrogens is 177 g/mol. The zero-order chi connectivity index (χ0) is 6.41. The first-order chi connectivity index (χ1) is 3.89. The second-order valence-corrected chi connectivity index (χ2v) is 2.59. The Labute approximate surface area is 79.1 Å². The van der Waals surface area contributed by atoms with Gasteiger partial charge in [-0.1, -0.05) is 0 Å². The fourth-order valence-corrected chi connectivity index (χ4v) is 0.963. The Hall–Kier alpha value is 0.307. The van der Waals surface area contributed by atoms with Crippen molar-refractivity contribution < 1.29 is 16.0 Å². The Bertz CT molecular complexity index is 149. The van der Waals surface area contributed by atoms with Crippen molar-refractivity contribution >= 4 is 34.0 Å². The molecule has 0 saturated carbocycles. The SMILES string of the molecule is C#N.[Cu][c]1cccs1.[LiH]. The monoisotopic (exact) mass is 181 g/mol. The van der Waals surface area contributed by atoms with E-state index in [0.29, 0.717) is 0 Å². The first-order valence-corrected chi connectivity index (χ1v) is 3.15. The van der Waals surface area contributed by atoms with E-state index < -0.39 is 0 Å². The summed E-state index contributed by atoms with van der Waals surface area (Å²) in [6, 6.07) is 3.85. The van der Waals surface area contributed by atoms with Crippen LogP contribution in [-0.2, 0) is 16.0 Å². The van der Waals surface area contributed by atoms with Gasteiger partial charge in [0.25, 0.3) is 0 Å². The average molecular weight is 182 g/mol. The van der Waals surface area contributed by atoms with Crippen molar-refractivity contribution in [2.45, 2.75) is 0 Å². The van der Waals surface area contributed by atoms with Crippen LogP contribution in [0.15, 0.2) is 17.5 Å². The maximum absolute atomic E-state index is 6.50. The molecule has 1 nitrogen and oxygen atoms in total. The zero-order valence-electron chi connectivity index (χ0n) is 3.97. The van der Waals surface area contributed by atoms with Crippen LogP contribution in [0.1, 0.15) is 0 Å². The molecule has 0 fully saturated rings. The third-order valence-electron chi connectivity index (χ3n) is 0.465. The molecule has 1 aromatic rings. The quantitative estimate of drug-likeness (QED) is 0.532. The molecule has 0 aliphatic rings. The zero-order valence-corrected chi connectivity index (χ0v) is 5.72. The van der Waals surface area contributed by atoms with E-state index >= 15 is 0 Å². The molecule has 0 spiro atoms. The van der Waals surface area contributed by atoms with Crippen LogP contribution < -0.4 is 3.78 Å². The average Bonchev–Trinajstić information content (AvgIpc) is 2.24. The summed E-state index contributed by atoms with van der Waals surface area (Å²) in [6.07, 6.45) is 0. The van der Waals surface area contributed by atoms with E-state index in [1.54, 1.807) is 11.3 Å². The van der Waals surface area contributed by atoms with Crippen molar-refractivity contribution in [1.82, 2.24) is 0 Å². The standard InChI is InChI=1S/C4H3S.CHN.Cu.Li.H/c1-2-4-5-3-1;1-2;;;/h1-3H;1H;;;. The fraction of sp³-hybridized carbons (Fsp3) is 0. The summed E-state index contributed by atoms with van der Waals surface area (Å²) in [6.45, 7) is 3.50. The topological polar surface area (TPSA) is 23.8 Å². The van der Waals surface area contributed by atoms with E-state index in [4.69, 9.17) is 21.3 Å². The molecule has 1 rings (SSSR count). The molecule has 4 heteroatoms. The molecule has 0 saturated heterocycles. The van der Waals surface area contributed by atoms with Crippen molar-refractivity contribution in [3.63, 3.8) is 0 Å². The first kappa shape index (κ1) is 12.0. The van der Waals surface area contributed by atoms with Gasteiger partial charge < -0.3 is 0 Å². The van der Waals surface area contributed by atoms with Crippen molar-refractivity contribution in [1.29, 1.82) is 5.26 Å². The van der Waals surface area contributed by atoms with Crippen LogP contribution in [0.5, 0.6) is 0 Å². The molecule has 0 N–H and O–H groups in total. The minimum atomic E-state index is 0. The Morgan fingerprint density at radius 3 is 2.22 bits per heavy atom. The van der Waals surface area contributed by atoms with E-state index in [0.717, 1.165) is 3.78 Å². The second kappa shape index (κ2) is 8.31. The van der Waals surface area contributed by atoms with Gasteiger partial charge >= 0.3 is 67.5 Å². The molecule has 0 aliphatic carbocycles. The third kappa shape index (κ3) is 6.19. The predicted molar refractivity (Wildman–Crippen MR) is 37.8 cm³/mol. The van der Waals surface area contributed by atoms with Gasteiger partial charge in [-0.25, -0.2) is 5.26 Å². The number of hydrogen-bond donors (Lipinski definition) is 0. The van der Waals surface area contributed by atoms with Gasteiger partial charge in [0.1, 0.15) is 0 Å². The van der Waals surface area contributed by atoms with E-state index in [9.17, 15) is 0 Å². The van der Waals surface area contributed by atoms with Crippen LogP contribution in [0.2, 0.25) is 0 Å². The summed E-state index contributed by atoms with van der Waals surface area (Å²) in [5, 5.41) is 8.47. The molecule has 48 valence electrons. The summed E-state index contributed by atoms with van der Waals surface area (Å²) in [4.78, 5) is 0. The third-order valence-corrected chi connectivity index (χ3v) is 1.59. The van der Waals surface area contributed by atoms with E-state index in [2.05, 4.69) is 6.57 Å². The maximum atomic E-state index is 6.50. The first-order valence-electron chi connectivity index (χ1n) is 1.80. The number of nitrogens with zero attached hydrogens (tertiary/aromatic N) is 1. The molecule has 1 heterocycles. The van der Waals surface area contributed by atoms with Crippen molar-refractivity contribution in [2.75, 3.05) is 0 Å². The predicted octanol–water partition coefficient (Wildman–Crippen LogP) is 0.411.